The zero-order chi connectivity index (χ0) is 14.1. The van der Waals surface area contributed by atoms with Crippen LogP contribution in [0.5, 0.6) is 0 Å². The lowest BCUT2D eigenvalue weighted by molar-refractivity contribution is 0.0563. The molecule has 2 aromatic heterocycles. The van der Waals surface area contributed by atoms with Gasteiger partial charge in [-0.3, -0.25) is 4.79 Å². The first-order valence-corrected chi connectivity index (χ1v) is 5.90. The Morgan fingerprint density at radius 2 is 1.80 bits per heavy atom. The van der Waals surface area contributed by atoms with Crippen LogP contribution in [0.1, 0.15) is 26.7 Å². The number of esters is 1. The van der Waals surface area contributed by atoms with Crippen LogP contribution in [0.25, 0.3) is 11.0 Å². The lowest BCUT2D eigenvalue weighted by Gasteiger charge is -1.95. The first-order chi connectivity index (χ1) is 9.70. The van der Waals surface area contributed by atoms with E-state index in [1.165, 1.54) is 25.5 Å². The van der Waals surface area contributed by atoms with Crippen molar-refractivity contribution in [2.75, 3.05) is 7.11 Å². The topological polar surface area (TPSA) is 69.7 Å². The van der Waals surface area contributed by atoms with Gasteiger partial charge in [0.2, 0.25) is 11.5 Å². The van der Waals surface area contributed by atoms with E-state index >= 15 is 0 Å². The van der Waals surface area contributed by atoms with Gasteiger partial charge in [0, 0.05) is 5.39 Å². The number of carbonyl (C=O) groups excluding carboxylic acids is 2. The van der Waals surface area contributed by atoms with Crippen molar-refractivity contribution in [2.45, 2.75) is 0 Å². The lowest BCUT2D eigenvalue weighted by atomic mass is 10.1. The van der Waals surface area contributed by atoms with E-state index in [1.807, 2.05) is 12.1 Å². The van der Waals surface area contributed by atoms with Gasteiger partial charge in [-0.25, -0.2) is 4.79 Å². The molecule has 0 unspecified atom stereocenters. The number of fused-ring (bicyclic) bond motifs is 1. The smallest absolute Gasteiger partial charge is 0.373 e. The van der Waals surface area contributed by atoms with Gasteiger partial charge in [0.05, 0.1) is 12.7 Å². The lowest BCUT2D eigenvalue weighted by Crippen LogP contribution is -2.00. The molecule has 0 aliphatic carbocycles. The van der Waals surface area contributed by atoms with Crippen molar-refractivity contribution in [3.63, 3.8) is 0 Å². The number of carbonyl (C=O) groups is 2. The predicted molar refractivity (Wildman–Crippen MR) is 69.7 cm³/mol. The van der Waals surface area contributed by atoms with E-state index in [0.29, 0.717) is 16.5 Å². The fourth-order valence-corrected chi connectivity index (χ4v) is 1.96. The maximum absolute atomic E-state index is 12.3. The summed E-state index contributed by atoms with van der Waals surface area (Å²) < 4.78 is 15.0. The van der Waals surface area contributed by atoms with Gasteiger partial charge in [0.1, 0.15) is 11.8 Å². The van der Waals surface area contributed by atoms with Gasteiger partial charge < -0.3 is 13.6 Å². The van der Waals surface area contributed by atoms with Crippen LogP contribution in [0.3, 0.4) is 0 Å². The van der Waals surface area contributed by atoms with Crippen molar-refractivity contribution in [1.29, 1.82) is 0 Å². The van der Waals surface area contributed by atoms with E-state index in [9.17, 15) is 9.59 Å². The molecule has 3 rings (SSSR count). The Morgan fingerprint density at radius 1 is 1.05 bits per heavy atom. The Morgan fingerprint density at radius 3 is 2.60 bits per heavy atom. The molecular formula is C15H10O5. The minimum atomic E-state index is -0.624. The minimum Gasteiger partial charge on any atom is -0.464 e. The Labute approximate surface area is 113 Å². The fraction of sp³-hybridized carbons (Fsp3) is 0.0667. The highest BCUT2D eigenvalue weighted by atomic mass is 16.5. The monoisotopic (exact) mass is 270 g/mol. The Balaban J connectivity index is 2.00. The van der Waals surface area contributed by atoms with E-state index < -0.39 is 5.97 Å². The summed E-state index contributed by atoms with van der Waals surface area (Å²) in [7, 11) is 1.25. The molecule has 2 heterocycles. The van der Waals surface area contributed by atoms with Gasteiger partial charge in [-0.2, -0.15) is 0 Å². The van der Waals surface area contributed by atoms with Gasteiger partial charge in [-0.15, -0.1) is 0 Å². The van der Waals surface area contributed by atoms with Crippen LogP contribution in [-0.4, -0.2) is 18.9 Å². The Bertz CT molecular complexity index is 793. The number of hydrogen-bond donors (Lipinski definition) is 0. The normalized spacial score (nSPS) is 10.7. The summed E-state index contributed by atoms with van der Waals surface area (Å²) in [5, 5.41) is 0.702. The Kier molecular flexibility index (Phi) is 2.87. The molecule has 0 spiro atoms. The number of para-hydroxylation sites is 1. The zero-order valence-corrected chi connectivity index (χ0v) is 10.6. The van der Waals surface area contributed by atoms with Crippen LogP contribution in [0.2, 0.25) is 0 Å². The van der Waals surface area contributed by atoms with E-state index in [-0.39, 0.29) is 17.3 Å². The number of rotatable bonds is 3. The van der Waals surface area contributed by atoms with Crippen molar-refractivity contribution in [1.82, 2.24) is 0 Å². The van der Waals surface area contributed by atoms with E-state index in [2.05, 4.69) is 4.74 Å². The summed E-state index contributed by atoms with van der Waals surface area (Å²) in [5.41, 5.74) is 1.02. The highest BCUT2D eigenvalue weighted by molar-refractivity contribution is 6.14. The van der Waals surface area contributed by atoms with Crippen molar-refractivity contribution in [3.05, 3.63) is 59.7 Å². The highest BCUT2D eigenvalue weighted by Gasteiger charge is 2.20. The van der Waals surface area contributed by atoms with Gasteiger partial charge >= 0.3 is 5.97 Å². The van der Waals surface area contributed by atoms with Crippen LogP contribution in [-0.2, 0) is 4.74 Å². The SMILES string of the molecule is COC(=O)c1ccc(C(=O)c2coc3ccccc23)o1. The van der Waals surface area contributed by atoms with E-state index in [4.69, 9.17) is 8.83 Å². The number of ketones is 1. The fourth-order valence-electron chi connectivity index (χ4n) is 1.96. The molecule has 100 valence electrons. The summed E-state index contributed by atoms with van der Waals surface area (Å²) in [5.74, 6) is -0.910. The van der Waals surface area contributed by atoms with Gasteiger partial charge in [-0.1, -0.05) is 18.2 Å². The molecule has 0 atom stereocenters. The van der Waals surface area contributed by atoms with Gasteiger partial charge in [0.15, 0.2) is 5.76 Å². The number of hydrogen-bond acceptors (Lipinski definition) is 5. The summed E-state index contributed by atoms with van der Waals surface area (Å²) in [6, 6.07) is 10.0. The van der Waals surface area contributed by atoms with Crippen molar-refractivity contribution in [3.8, 4) is 0 Å². The molecule has 0 saturated carbocycles. The molecule has 0 saturated heterocycles. The number of methoxy groups -OCH3 is 1. The molecule has 20 heavy (non-hydrogen) atoms. The molecular weight excluding hydrogens is 260 g/mol. The largest absolute Gasteiger partial charge is 0.464 e. The first-order valence-electron chi connectivity index (χ1n) is 5.90. The number of ether oxygens (including phenoxy) is 1. The molecule has 5 nitrogen and oxygen atoms in total. The van der Waals surface area contributed by atoms with Crippen molar-refractivity contribution in [2.24, 2.45) is 0 Å². The first kappa shape index (κ1) is 12.2. The molecule has 0 radical (unpaired) electrons. The third kappa shape index (κ3) is 1.89. The Hall–Kier alpha value is -2.82. The van der Waals surface area contributed by atoms with Crippen LogP contribution < -0.4 is 0 Å². The molecule has 1 aromatic carbocycles. The van der Waals surface area contributed by atoms with Crippen LogP contribution >= 0.6 is 0 Å². The van der Waals surface area contributed by atoms with Gasteiger partial charge in [-0.05, 0) is 18.2 Å². The molecule has 0 aliphatic heterocycles. The second-order valence-corrected chi connectivity index (χ2v) is 4.13. The zero-order valence-electron chi connectivity index (χ0n) is 10.6. The highest BCUT2D eigenvalue weighted by Crippen LogP contribution is 2.24. The van der Waals surface area contributed by atoms with Crippen molar-refractivity contribution >= 4 is 22.7 Å². The average molecular weight is 270 g/mol. The van der Waals surface area contributed by atoms with Crippen LogP contribution in [0.15, 0.2) is 51.5 Å². The maximum Gasteiger partial charge on any atom is 0.373 e. The third-order valence-corrected chi connectivity index (χ3v) is 2.94. The van der Waals surface area contributed by atoms with Gasteiger partial charge in [0.25, 0.3) is 0 Å². The quantitative estimate of drug-likeness (QED) is 0.540. The van der Waals surface area contributed by atoms with Crippen molar-refractivity contribution < 1.29 is 23.2 Å². The number of furan rings is 2. The summed E-state index contributed by atoms with van der Waals surface area (Å²) >= 11 is 0. The van der Waals surface area contributed by atoms with Crippen LogP contribution in [0, 0.1) is 0 Å². The number of benzene rings is 1. The van der Waals surface area contributed by atoms with Crippen LogP contribution in [0.4, 0.5) is 0 Å². The third-order valence-electron chi connectivity index (χ3n) is 2.94. The molecule has 0 aliphatic rings. The predicted octanol–water partition coefficient (Wildman–Crippen LogP) is 3.04. The minimum absolute atomic E-state index is 0.0105. The molecule has 3 aromatic rings. The second-order valence-electron chi connectivity index (χ2n) is 4.13. The molecule has 0 bridgehead atoms. The molecule has 0 amide bonds. The second kappa shape index (κ2) is 4.70. The summed E-state index contributed by atoms with van der Waals surface area (Å²) in [6.45, 7) is 0. The maximum atomic E-state index is 12.3. The summed E-state index contributed by atoms with van der Waals surface area (Å²) in [6.07, 6.45) is 1.38. The molecule has 5 heteroatoms. The molecule has 0 N–H and O–H groups in total. The van der Waals surface area contributed by atoms with E-state index in [1.54, 1.807) is 12.1 Å². The molecule has 0 fully saturated rings. The summed E-state index contributed by atoms with van der Waals surface area (Å²) in [4.78, 5) is 23.6. The average Bonchev–Trinajstić information content (AvgIpc) is 3.12. The standard InChI is InChI=1S/C15H10O5/c1-18-15(17)13-7-6-12(20-13)14(16)10-8-19-11-5-3-2-4-9(10)11/h2-8H,1H3. The van der Waals surface area contributed by atoms with E-state index in [0.717, 1.165) is 0 Å².